The Balaban J connectivity index is 1.56. The molecule has 1 aromatic carbocycles. The molecule has 0 bridgehead atoms. The molecule has 1 saturated heterocycles. The van der Waals surface area contributed by atoms with Gasteiger partial charge in [0, 0.05) is 44.8 Å². The average molecular weight is 291 g/mol. The second kappa shape index (κ2) is 8.64. The van der Waals surface area contributed by atoms with Gasteiger partial charge in [0.05, 0.1) is 13.2 Å². The Kier molecular flexibility index (Phi) is 6.50. The van der Waals surface area contributed by atoms with Crippen molar-refractivity contribution >= 4 is 11.6 Å². The minimum Gasteiger partial charge on any atom is -0.384 e. The SMILES string of the molecule is Cc1ccccc1NCCC(=O)NCCN1CCOCC1. The Morgan fingerprint density at radius 3 is 2.76 bits per heavy atom. The van der Waals surface area contributed by atoms with Crippen molar-refractivity contribution < 1.29 is 9.53 Å². The number of carbonyl (C=O) groups excluding carboxylic acids is 1. The molecule has 1 aliphatic heterocycles. The van der Waals surface area contributed by atoms with Crippen LogP contribution in [0.2, 0.25) is 0 Å². The van der Waals surface area contributed by atoms with Gasteiger partial charge in [-0.25, -0.2) is 0 Å². The second-order valence-electron chi connectivity index (χ2n) is 5.30. The molecular weight excluding hydrogens is 266 g/mol. The van der Waals surface area contributed by atoms with Crippen LogP contribution >= 0.6 is 0 Å². The maximum Gasteiger partial charge on any atom is 0.221 e. The quantitative estimate of drug-likeness (QED) is 0.794. The number of aryl methyl sites for hydroxylation is 1. The Bertz CT molecular complexity index is 445. The van der Waals surface area contributed by atoms with Crippen molar-refractivity contribution in [3.63, 3.8) is 0 Å². The molecule has 0 aromatic heterocycles. The molecule has 0 aliphatic carbocycles. The highest BCUT2D eigenvalue weighted by Gasteiger charge is 2.10. The standard InChI is InChI=1S/C16H25N3O2/c1-14-4-2-3-5-15(14)17-7-6-16(20)18-8-9-19-10-12-21-13-11-19/h2-5,17H,6-13H2,1H3,(H,18,20). The van der Waals surface area contributed by atoms with Crippen LogP contribution in [0.1, 0.15) is 12.0 Å². The highest BCUT2D eigenvalue weighted by atomic mass is 16.5. The third-order valence-corrected chi connectivity index (χ3v) is 3.67. The third-order valence-electron chi connectivity index (χ3n) is 3.67. The third kappa shape index (κ3) is 5.73. The molecule has 0 spiro atoms. The first-order valence-corrected chi connectivity index (χ1v) is 7.62. The Morgan fingerprint density at radius 1 is 1.24 bits per heavy atom. The van der Waals surface area contributed by atoms with E-state index in [1.165, 1.54) is 5.56 Å². The lowest BCUT2D eigenvalue weighted by atomic mass is 10.2. The van der Waals surface area contributed by atoms with Crippen LogP contribution < -0.4 is 10.6 Å². The summed E-state index contributed by atoms with van der Waals surface area (Å²) in [6.45, 7) is 7.86. The largest absolute Gasteiger partial charge is 0.384 e. The molecule has 0 saturated carbocycles. The van der Waals surface area contributed by atoms with E-state index in [1.807, 2.05) is 18.2 Å². The van der Waals surface area contributed by atoms with Crippen LogP contribution in [0.4, 0.5) is 5.69 Å². The van der Waals surface area contributed by atoms with E-state index in [-0.39, 0.29) is 5.91 Å². The van der Waals surface area contributed by atoms with Gasteiger partial charge >= 0.3 is 0 Å². The summed E-state index contributed by atoms with van der Waals surface area (Å²) < 4.78 is 5.29. The minimum atomic E-state index is 0.101. The van der Waals surface area contributed by atoms with Gasteiger partial charge in [-0.2, -0.15) is 0 Å². The fourth-order valence-corrected chi connectivity index (χ4v) is 2.35. The number of benzene rings is 1. The maximum atomic E-state index is 11.8. The molecule has 21 heavy (non-hydrogen) atoms. The van der Waals surface area contributed by atoms with Gasteiger partial charge in [-0.15, -0.1) is 0 Å². The van der Waals surface area contributed by atoms with Gasteiger partial charge in [-0.05, 0) is 18.6 Å². The van der Waals surface area contributed by atoms with Crippen molar-refractivity contribution in [1.29, 1.82) is 0 Å². The number of nitrogens with zero attached hydrogens (tertiary/aromatic N) is 1. The van der Waals surface area contributed by atoms with Crippen LogP contribution in [0.25, 0.3) is 0 Å². The molecule has 0 unspecified atom stereocenters. The van der Waals surface area contributed by atoms with Crippen molar-refractivity contribution in [2.45, 2.75) is 13.3 Å². The number of ether oxygens (including phenoxy) is 1. The first-order chi connectivity index (χ1) is 10.3. The zero-order chi connectivity index (χ0) is 14.9. The van der Waals surface area contributed by atoms with Gasteiger partial charge in [-0.3, -0.25) is 9.69 Å². The second-order valence-corrected chi connectivity index (χ2v) is 5.30. The Hall–Kier alpha value is -1.59. The summed E-state index contributed by atoms with van der Waals surface area (Å²) in [7, 11) is 0. The van der Waals surface area contributed by atoms with Gasteiger partial charge in [0.1, 0.15) is 0 Å². The van der Waals surface area contributed by atoms with Crippen LogP contribution in [0, 0.1) is 6.92 Å². The molecule has 1 aliphatic rings. The number of nitrogens with one attached hydrogen (secondary N) is 2. The zero-order valence-corrected chi connectivity index (χ0v) is 12.7. The first-order valence-electron chi connectivity index (χ1n) is 7.62. The van der Waals surface area contributed by atoms with Crippen molar-refractivity contribution in [2.75, 3.05) is 51.3 Å². The van der Waals surface area contributed by atoms with E-state index in [0.29, 0.717) is 19.5 Å². The van der Waals surface area contributed by atoms with Gasteiger partial charge in [0.2, 0.25) is 5.91 Å². The lowest BCUT2D eigenvalue weighted by Crippen LogP contribution is -2.41. The number of hydrogen-bond donors (Lipinski definition) is 2. The number of carbonyl (C=O) groups is 1. The summed E-state index contributed by atoms with van der Waals surface area (Å²) in [5.41, 5.74) is 2.30. The predicted octanol–water partition coefficient (Wildman–Crippen LogP) is 1.25. The highest BCUT2D eigenvalue weighted by molar-refractivity contribution is 5.76. The molecule has 1 amide bonds. The number of para-hydroxylation sites is 1. The number of rotatable bonds is 7. The number of anilines is 1. The monoisotopic (exact) mass is 291 g/mol. The smallest absolute Gasteiger partial charge is 0.221 e. The fraction of sp³-hybridized carbons (Fsp3) is 0.562. The minimum absolute atomic E-state index is 0.101. The summed E-state index contributed by atoms with van der Waals surface area (Å²) in [6, 6.07) is 8.10. The summed E-state index contributed by atoms with van der Waals surface area (Å²) in [5.74, 6) is 0.101. The molecule has 2 N–H and O–H groups in total. The Labute approximate surface area is 126 Å². The Morgan fingerprint density at radius 2 is 2.00 bits per heavy atom. The summed E-state index contributed by atoms with van der Waals surface area (Å²) in [4.78, 5) is 14.1. The number of hydrogen-bond acceptors (Lipinski definition) is 4. The van der Waals surface area contributed by atoms with Crippen LogP contribution in [0.15, 0.2) is 24.3 Å². The van der Waals surface area contributed by atoms with E-state index in [4.69, 9.17) is 4.74 Å². The van der Waals surface area contributed by atoms with Crippen LogP contribution in [-0.2, 0) is 9.53 Å². The van der Waals surface area contributed by atoms with E-state index in [2.05, 4.69) is 28.5 Å². The van der Waals surface area contributed by atoms with Crippen molar-refractivity contribution in [3.8, 4) is 0 Å². The van der Waals surface area contributed by atoms with Crippen molar-refractivity contribution in [2.24, 2.45) is 0 Å². The summed E-state index contributed by atoms with van der Waals surface area (Å²) >= 11 is 0. The first kappa shape index (κ1) is 15.8. The average Bonchev–Trinajstić information content (AvgIpc) is 2.50. The summed E-state index contributed by atoms with van der Waals surface area (Å²) in [6.07, 6.45) is 0.497. The van der Waals surface area contributed by atoms with Crippen LogP contribution in [0.3, 0.4) is 0 Å². The molecule has 0 radical (unpaired) electrons. The molecule has 1 heterocycles. The molecule has 5 nitrogen and oxygen atoms in total. The van der Waals surface area contributed by atoms with E-state index >= 15 is 0 Å². The lowest BCUT2D eigenvalue weighted by Gasteiger charge is -2.26. The van der Waals surface area contributed by atoms with Crippen LogP contribution in [0.5, 0.6) is 0 Å². The number of morpholine rings is 1. The van der Waals surface area contributed by atoms with E-state index in [0.717, 1.165) is 38.5 Å². The molecule has 116 valence electrons. The van der Waals surface area contributed by atoms with Gasteiger partial charge in [-0.1, -0.05) is 18.2 Å². The molecule has 2 rings (SSSR count). The highest BCUT2D eigenvalue weighted by Crippen LogP contribution is 2.12. The van der Waals surface area contributed by atoms with E-state index in [1.54, 1.807) is 0 Å². The van der Waals surface area contributed by atoms with Crippen molar-refractivity contribution in [3.05, 3.63) is 29.8 Å². The number of amides is 1. The van der Waals surface area contributed by atoms with Crippen LogP contribution in [-0.4, -0.2) is 56.7 Å². The van der Waals surface area contributed by atoms with E-state index in [9.17, 15) is 4.79 Å². The predicted molar refractivity (Wildman–Crippen MR) is 84.6 cm³/mol. The molecular formula is C16H25N3O2. The van der Waals surface area contributed by atoms with Gasteiger partial charge < -0.3 is 15.4 Å². The summed E-state index contributed by atoms with van der Waals surface area (Å²) in [5, 5.41) is 6.27. The van der Waals surface area contributed by atoms with Crippen molar-refractivity contribution in [1.82, 2.24) is 10.2 Å². The maximum absolute atomic E-state index is 11.8. The molecule has 5 heteroatoms. The van der Waals surface area contributed by atoms with Gasteiger partial charge in [0.25, 0.3) is 0 Å². The van der Waals surface area contributed by atoms with E-state index < -0.39 is 0 Å². The molecule has 0 atom stereocenters. The lowest BCUT2D eigenvalue weighted by molar-refractivity contribution is -0.120. The zero-order valence-electron chi connectivity index (χ0n) is 12.7. The fourth-order valence-electron chi connectivity index (χ4n) is 2.35. The molecule has 1 aromatic rings. The van der Waals surface area contributed by atoms with Gasteiger partial charge in [0.15, 0.2) is 0 Å². The topological polar surface area (TPSA) is 53.6 Å². The molecule has 1 fully saturated rings. The normalized spacial score (nSPS) is 15.7.